The first-order chi connectivity index (χ1) is 8.70. The summed E-state index contributed by atoms with van der Waals surface area (Å²) in [7, 11) is 1.63. The molecule has 0 radical (unpaired) electrons. The maximum absolute atomic E-state index is 10.1. The largest absolute Gasteiger partial charge is 0.381 e. The van der Waals surface area contributed by atoms with Crippen LogP contribution < -0.4 is 0 Å². The topological polar surface area (TPSA) is 68.4 Å². The zero-order chi connectivity index (χ0) is 13.0. The summed E-state index contributed by atoms with van der Waals surface area (Å²) < 4.78 is 10.2. The predicted octanol–water partition coefficient (Wildman–Crippen LogP) is 1.73. The molecule has 0 amide bonds. The molecule has 1 N–H and O–H groups in total. The van der Waals surface area contributed by atoms with Crippen molar-refractivity contribution in [3.63, 3.8) is 0 Å². The zero-order valence-electron chi connectivity index (χ0n) is 10.4. The van der Waals surface area contributed by atoms with Crippen molar-refractivity contribution in [1.29, 1.82) is 0 Å². The number of rotatable bonds is 5. The standard InChI is InChI=1S/C13H16N2O3/c1-9(17-2)8-11-14-13(18-15-11)12(16)10-6-4-3-5-7-10/h3-7,9,12,16H,8H2,1-2H3. The van der Waals surface area contributed by atoms with Gasteiger partial charge in [-0.1, -0.05) is 35.5 Å². The van der Waals surface area contributed by atoms with Gasteiger partial charge in [-0.25, -0.2) is 0 Å². The average Bonchev–Trinajstić information content (AvgIpc) is 2.87. The van der Waals surface area contributed by atoms with Gasteiger partial charge in [0.15, 0.2) is 11.9 Å². The van der Waals surface area contributed by atoms with E-state index in [1.54, 1.807) is 7.11 Å². The molecule has 2 aromatic rings. The molecule has 1 heterocycles. The van der Waals surface area contributed by atoms with Crippen LogP contribution in [0.4, 0.5) is 0 Å². The molecule has 1 aromatic carbocycles. The number of nitrogens with zero attached hydrogens (tertiary/aromatic N) is 2. The molecule has 0 aliphatic heterocycles. The van der Waals surface area contributed by atoms with Gasteiger partial charge in [0.2, 0.25) is 0 Å². The van der Waals surface area contributed by atoms with Crippen molar-refractivity contribution in [1.82, 2.24) is 10.1 Å². The highest BCUT2D eigenvalue weighted by molar-refractivity contribution is 5.21. The minimum atomic E-state index is -0.884. The van der Waals surface area contributed by atoms with Crippen molar-refractivity contribution in [3.05, 3.63) is 47.6 Å². The van der Waals surface area contributed by atoms with Crippen LogP contribution in [0.15, 0.2) is 34.9 Å². The van der Waals surface area contributed by atoms with Gasteiger partial charge in [0.1, 0.15) is 0 Å². The minimum Gasteiger partial charge on any atom is -0.381 e. The summed E-state index contributed by atoms with van der Waals surface area (Å²) >= 11 is 0. The van der Waals surface area contributed by atoms with Gasteiger partial charge in [0.25, 0.3) is 5.89 Å². The molecule has 18 heavy (non-hydrogen) atoms. The van der Waals surface area contributed by atoms with Crippen LogP contribution in [-0.4, -0.2) is 28.5 Å². The van der Waals surface area contributed by atoms with E-state index >= 15 is 0 Å². The van der Waals surface area contributed by atoms with E-state index < -0.39 is 6.10 Å². The number of hydrogen-bond donors (Lipinski definition) is 1. The quantitative estimate of drug-likeness (QED) is 0.872. The van der Waals surface area contributed by atoms with Crippen LogP contribution in [0.1, 0.15) is 30.3 Å². The van der Waals surface area contributed by atoms with E-state index in [0.29, 0.717) is 12.2 Å². The number of benzene rings is 1. The van der Waals surface area contributed by atoms with Crippen LogP contribution in [0.2, 0.25) is 0 Å². The van der Waals surface area contributed by atoms with Crippen LogP contribution >= 0.6 is 0 Å². The minimum absolute atomic E-state index is 0.0179. The molecule has 0 saturated heterocycles. The van der Waals surface area contributed by atoms with Crippen LogP contribution in [0, 0.1) is 0 Å². The van der Waals surface area contributed by atoms with Crippen molar-refractivity contribution < 1.29 is 14.4 Å². The predicted molar refractivity (Wildman–Crippen MR) is 65.0 cm³/mol. The SMILES string of the molecule is COC(C)Cc1noc(C(O)c2ccccc2)n1. The molecule has 96 valence electrons. The van der Waals surface area contributed by atoms with E-state index in [2.05, 4.69) is 10.1 Å². The monoisotopic (exact) mass is 248 g/mol. The summed E-state index contributed by atoms with van der Waals surface area (Å²) in [6, 6.07) is 9.21. The molecule has 5 heteroatoms. The summed E-state index contributed by atoms with van der Waals surface area (Å²) in [6.45, 7) is 1.92. The first kappa shape index (κ1) is 12.7. The van der Waals surface area contributed by atoms with Crippen molar-refractivity contribution in [3.8, 4) is 0 Å². The van der Waals surface area contributed by atoms with Gasteiger partial charge in [0.05, 0.1) is 6.10 Å². The number of aliphatic hydroxyl groups excluding tert-OH is 1. The van der Waals surface area contributed by atoms with Crippen LogP contribution in [0.5, 0.6) is 0 Å². The van der Waals surface area contributed by atoms with E-state index in [9.17, 15) is 5.11 Å². The van der Waals surface area contributed by atoms with Gasteiger partial charge in [-0.05, 0) is 12.5 Å². The van der Waals surface area contributed by atoms with Crippen LogP contribution in [-0.2, 0) is 11.2 Å². The molecule has 5 nitrogen and oxygen atoms in total. The summed E-state index contributed by atoms with van der Waals surface area (Å²) in [4.78, 5) is 4.17. The van der Waals surface area contributed by atoms with E-state index in [1.807, 2.05) is 37.3 Å². The summed E-state index contributed by atoms with van der Waals surface area (Å²) in [6.07, 6.45) is -0.309. The highest BCUT2D eigenvalue weighted by atomic mass is 16.5. The maximum atomic E-state index is 10.1. The maximum Gasteiger partial charge on any atom is 0.260 e. The van der Waals surface area contributed by atoms with E-state index in [-0.39, 0.29) is 12.0 Å². The van der Waals surface area contributed by atoms with Gasteiger partial charge in [-0.3, -0.25) is 0 Å². The number of aromatic nitrogens is 2. The van der Waals surface area contributed by atoms with E-state index in [0.717, 1.165) is 5.56 Å². The van der Waals surface area contributed by atoms with Crippen LogP contribution in [0.25, 0.3) is 0 Å². The van der Waals surface area contributed by atoms with E-state index in [1.165, 1.54) is 0 Å². The lowest BCUT2D eigenvalue weighted by molar-refractivity contribution is 0.116. The normalized spacial score (nSPS) is 14.4. The second-order valence-corrected chi connectivity index (χ2v) is 4.11. The van der Waals surface area contributed by atoms with E-state index in [4.69, 9.17) is 9.26 Å². The summed E-state index contributed by atoms with van der Waals surface area (Å²) in [5.41, 5.74) is 0.729. The molecule has 1 aromatic heterocycles. The Kier molecular flexibility index (Phi) is 4.07. The Morgan fingerprint density at radius 1 is 1.33 bits per heavy atom. The average molecular weight is 248 g/mol. The molecular weight excluding hydrogens is 232 g/mol. The third-order valence-electron chi connectivity index (χ3n) is 2.71. The first-order valence-corrected chi connectivity index (χ1v) is 5.79. The second kappa shape index (κ2) is 5.75. The third kappa shape index (κ3) is 2.94. The second-order valence-electron chi connectivity index (χ2n) is 4.11. The molecule has 0 bridgehead atoms. The summed E-state index contributed by atoms with van der Waals surface area (Å²) in [5.74, 6) is 0.744. The fourth-order valence-corrected chi connectivity index (χ4v) is 1.58. The Morgan fingerprint density at radius 3 is 2.72 bits per heavy atom. The van der Waals surface area contributed by atoms with Gasteiger partial charge in [-0.15, -0.1) is 0 Å². The lowest BCUT2D eigenvalue weighted by atomic mass is 10.1. The molecule has 0 saturated carbocycles. The Morgan fingerprint density at radius 2 is 2.06 bits per heavy atom. The van der Waals surface area contributed by atoms with Crippen LogP contribution in [0.3, 0.4) is 0 Å². The first-order valence-electron chi connectivity index (χ1n) is 5.79. The molecule has 0 fully saturated rings. The molecule has 2 atom stereocenters. The number of ether oxygens (including phenoxy) is 1. The number of methoxy groups -OCH3 is 1. The Bertz CT molecular complexity index is 484. The van der Waals surface area contributed by atoms with Crippen molar-refractivity contribution in [2.75, 3.05) is 7.11 Å². The Labute approximate surface area is 105 Å². The lowest BCUT2D eigenvalue weighted by Gasteiger charge is -2.05. The lowest BCUT2D eigenvalue weighted by Crippen LogP contribution is -2.10. The van der Waals surface area contributed by atoms with Gasteiger partial charge in [0, 0.05) is 13.5 Å². The van der Waals surface area contributed by atoms with Crippen molar-refractivity contribution in [2.45, 2.75) is 25.6 Å². The molecular formula is C13H16N2O3. The molecule has 2 rings (SSSR count). The van der Waals surface area contributed by atoms with Crippen molar-refractivity contribution >= 4 is 0 Å². The molecule has 0 aliphatic rings. The Hall–Kier alpha value is -1.72. The fraction of sp³-hybridized carbons (Fsp3) is 0.385. The smallest absolute Gasteiger partial charge is 0.260 e. The molecule has 0 aliphatic carbocycles. The highest BCUT2D eigenvalue weighted by Gasteiger charge is 2.18. The van der Waals surface area contributed by atoms with Crippen molar-refractivity contribution in [2.24, 2.45) is 0 Å². The fourth-order valence-electron chi connectivity index (χ4n) is 1.58. The third-order valence-corrected chi connectivity index (χ3v) is 2.71. The molecule has 0 spiro atoms. The summed E-state index contributed by atoms with van der Waals surface area (Å²) in [5, 5.41) is 13.9. The van der Waals surface area contributed by atoms with Gasteiger partial charge < -0.3 is 14.4 Å². The number of hydrogen-bond acceptors (Lipinski definition) is 5. The molecule has 2 unspecified atom stereocenters. The number of aliphatic hydroxyl groups is 1. The highest BCUT2D eigenvalue weighted by Crippen LogP contribution is 2.20. The zero-order valence-corrected chi connectivity index (χ0v) is 10.4. The van der Waals surface area contributed by atoms with Gasteiger partial charge >= 0.3 is 0 Å². The Balaban J connectivity index is 2.10. The van der Waals surface area contributed by atoms with Gasteiger partial charge in [-0.2, -0.15) is 4.98 Å².